The van der Waals surface area contributed by atoms with E-state index in [4.69, 9.17) is 4.52 Å². The average Bonchev–Trinajstić information content (AvgIpc) is 3.35. The summed E-state index contributed by atoms with van der Waals surface area (Å²) in [4.78, 5) is 17.9. The fourth-order valence-corrected chi connectivity index (χ4v) is 3.55. The zero-order chi connectivity index (χ0) is 20.4. The van der Waals surface area contributed by atoms with Crippen molar-refractivity contribution < 1.29 is 9.32 Å². The molecule has 2 aromatic carbocycles. The Morgan fingerprint density at radius 3 is 2.62 bits per heavy atom. The summed E-state index contributed by atoms with van der Waals surface area (Å²) in [6, 6.07) is 18.3. The van der Waals surface area contributed by atoms with Gasteiger partial charge in [0.05, 0.1) is 5.69 Å². The summed E-state index contributed by atoms with van der Waals surface area (Å²) in [5.41, 5.74) is 5.17. The first-order valence-electron chi connectivity index (χ1n) is 9.58. The van der Waals surface area contributed by atoms with Crippen molar-refractivity contribution in [2.45, 2.75) is 12.8 Å². The van der Waals surface area contributed by atoms with Crippen LogP contribution in [0.2, 0.25) is 0 Å². The Morgan fingerprint density at radius 1 is 1.17 bits per heavy atom. The lowest BCUT2D eigenvalue weighted by Crippen LogP contribution is -2.28. The summed E-state index contributed by atoms with van der Waals surface area (Å²) in [7, 11) is 4.04. The van der Waals surface area contributed by atoms with Crippen LogP contribution in [0.15, 0.2) is 65.3 Å². The van der Waals surface area contributed by atoms with Gasteiger partial charge in [-0.2, -0.15) is 0 Å². The second kappa shape index (κ2) is 7.83. The number of nitrogens with one attached hydrogen (secondary N) is 2. The van der Waals surface area contributed by atoms with Crippen LogP contribution in [0.1, 0.15) is 33.3 Å². The number of nitrogens with zero attached hydrogens (tertiary/aromatic N) is 2. The molecule has 2 aromatic heterocycles. The van der Waals surface area contributed by atoms with Crippen molar-refractivity contribution in [2.75, 3.05) is 25.5 Å². The Hall–Kier alpha value is -3.54. The fraction of sp³-hybridized carbons (Fsp3) is 0.217. The zero-order valence-electron chi connectivity index (χ0n) is 16.8. The van der Waals surface area contributed by atoms with Crippen molar-refractivity contribution >= 4 is 22.5 Å². The van der Waals surface area contributed by atoms with Crippen LogP contribution in [0.5, 0.6) is 0 Å². The molecule has 1 atom stereocenters. The molecule has 0 aliphatic rings. The van der Waals surface area contributed by atoms with E-state index >= 15 is 0 Å². The van der Waals surface area contributed by atoms with Crippen molar-refractivity contribution in [3.63, 3.8) is 0 Å². The maximum absolute atomic E-state index is 12.5. The minimum absolute atomic E-state index is 0.00432. The molecule has 0 saturated carbocycles. The Morgan fingerprint density at radius 2 is 1.93 bits per heavy atom. The minimum atomic E-state index is -0.264. The third-order valence-electron chi connectivity index (χ3n) is 5.13. The highest BCUT2D eigenvalue weighted by Gasteiger charge is 2.20. The van der Waals surface area contributed by atoms with Crippen molar-refractivity contribution in [3.8, 4) is 0 Å². The average molecular weight is 388 g/mol. The van der Waals surface area contributed by atoms with Crippen LogP contribution in [-0.2, 0) is 0 Å². The lowest BCUT2D eigenvalue weighted by Gasteiger charge is -2.19. The second-order valence-corrected chi connectivity index (χ2v) is 7.37. The normalized spacial score (nSPS) is 12.1. The molecule has 1 unspecified atom stereocenters. The number of hydrogen-bond acceptors (Lipinski definition) is 4. The Labute approximate surface area is 169 Å². The maximum Gasteiger partial charge on any atom is 0.289 e. The van der Waals surface area contributed by atoms with Gasteiger partial charge in [-0.05, 0) is 36.2 Å². The molecule has 0 aliphatic heterocycles. The third kappa shape index (κ3) is 3.87. The Bertz CT molecular complexity index is 1130. The standard InChI is InChI=1S/C23H24N4O2/c1-15-12-22(29-26-15)23(28)25-13-19(16-8-10-17(11-9-16)27(2)3)20-14-24-21-7-5-4-6-18(20)21/h4-12,14,19,24H,13H2,1-3H3,(H,25,28). The van der Waals surface area contributed by atoms with Gasteiger partial charge in [-0.3, -0.25) is 4.79 Å². The van der Waals surface area contributed by atoms with Crippen LogP contribution in [0.4, 0.5) is 5.69 Å². The van der Waals surface area contributed by atoms with Crippen LogP contribution < -0.4 is 10.2 Å². The van der Waals surface area contributed by atoms with Gasteiger partial charge in [-0.25, -0.2) is 0 Å². The Kier molecular flexibility index (Phi) is 5.08. The molecule has 1 amide bonds. The lowest BCUT2D eigenvalue weighted by atomic mass is 9.90. The number of hydrogen-bond donors (Lipinski definition) is 2. The quantitative estimate of drug-likeness (QED) is 0.522. The molecular weight excluding hydrogens is 364 g/mol. The lowest BCUT2D eigenvalue weighted by molar-refractivity contribution is 0.0915. The molecule has 0 saturated heterocycles. The van der Waals surface area contributed by atoms with E-state index in [-0.39, 0.29) is 17.6 Å². The number of aryl methyl sites for hydroxylation is 1. The molecule has 2 heterocycles. The van der Waals surface area contributed by atoms with Gasteiger partial charge >= 0.3 is 0 Å². The molecule has 148 valence electrons. The molecule has 0 radical (unpaired) electrons. The number of benzene rings is 2. The van der Waals surface area contributed by atoms with E-state index in [9.17, 15) is 4.79 Å². The van der Waals surface area contributed by atoms with E-state index in [1.165, 1.54) is 0 Å². The summed E-state index contributed by atoms with van der Waals surface area (Å²) < 4.78 is 5.09. The summed E-state index contributed by atoms with van der Waals surface area (Å²) in [6.45, 7) is 2.24. The monoisotopic (exact) mass is 388 g/mol. The molecule has 0 spiro atoms. The maximum atomic E-state index is 12.5. The van der Waals surface area contributed by atoms with Gasteiger partial charge in [-0.15, -0.1) is 0 Å². The van der Waals surface area contributed by atoms with E-state index < -0.39 is 0 Å². The molecule has 6 nitrogen and oxygen atoms in total. The molecule has 2 N–H and O–H groups in total. The number of para-hydroxylation sites is 1. The van der Waals surface area contributed by atoms with Crippen LogP contribution in [-0.4, -0.2) is 36.7 Å². The largest absolute Gasteiger partial charge is 0.378 e. The first kappa shape index (κ1) is 18.8. The van der Waals surface area contributed by atoms with Crippen LogP contribution in [0.25, 0.3) is 10.9 Å². The smallest absolute Gasteiger partial charge is 0.289 e. The highest BCUT2D eigenvalue weighted by Crippen LogP contribution is 2.31. The number of rotatable bonds is 6. The van der Waals surface area contributed by atoms with E-state index in [1.54, 1.807) is 13.0 Å². The number of fused-ring (bicyclic) bond motifs is 1. The summed E-state index contributed by atoms with van der Waals surface area (Å²) in [6.07, 6.45) is 2.03. The van der Waals surface area contributed by atoms with Gasteiger partial charge < -0.3 is 19.7 Å². The van der Waals surface area contributed by atoms with Gasteiger partial charge in [-0.1, -0.05) is 35.5 Å². The molecule has 4 aromatic rings. The van der Waals surface area contributed by atoms with E-state index in [0.717, 1.165) is 27.7 Å². The first-order chi connectivity index (χ1) is 14.0. The van der Waals surface area contributed by atoms with Crippen molar-refractivity contribution in [3.05, 3.63) is 83.4 Å². The van der Waals surface area contributed by atoms with E-state index in [0.29, 0.717) is 12.2 Å². The molecule has 0 bridgehead atoms. The zero-order valence-corrected chi connectivity index (χ0v) is 16.8. The number of anilines is 1. The predicted molar refractivity (Wildman–Crippen MR) is 114 cm³/mol. The number of amides is 1. The van der Waals surface area contributed by atoms with Crippen molar-refractivity contribution in [1.82, 2.24) is 15.5 Å². The third-order valence-corrected chi connectivity index (χ3v) is 5.13. The molecule has 29 heavy (non-hydrogen) atoms. The summed E-state index contributed by atoms with van der Waals surface area (Å²) in [5, 5.41) is 7.95. The second-order valence-electron chi connectivity index (χ2n) is 7.37. The topological polar surface area (TPSA) is 74.2 Å². The van der Waals surface area contributed by atoms with Crippen LogP contribution in [0, 0.1) is 6.92 Å². The highest BCUT2D eigenvalue weighted by molar-refractivity contribution is 5.91. The summed E-state index contributed by atoms with van der Waals surface area (Å²) in [5.74, 6) is -0.0428. The van der Waals surface area contributed by atoms with Gasteiger partial charge in [0, 0.05) is 55.4 Å². The molecule has 0 aliphatic carbocycles. The summed E-state index contributed by atoms with van der Waals surface area (Å²) >= 11 is 0. The van der Waals surface area contributed by atoms with E-state index in [2.05, 4.69) is 56.8 Å². The molecular formula is C23H24N4O2. The molecule has 4 rings (SSSR count). The predicted octanol–water partition coefficient (Wildman–Crippen LogP) is 4.09. The number of carbonyl (C=O) groups excluding carboxylic acids is 1. The number of carbonyl (C=O) groups is 1. The van der Waals surface area contributed by atoms with Crippen molar-refractivity contribution in [1.29, 1.82) is 0 Å². The van der Waals surface area contributed by atoms with Gasteiger partial charge in [0.25, 0.3) is 5.91 Å². The van der Waals surface area contributed by atoms with Crippen molar-refractivity contribution in [2.24, 2.45) is 0 Å². The number of aromatic nitrogens is 2. The molecule has 0 fully saturated rings. The number of aromatic amines is 1. The SMILES string of the molecule is Cc1cc(C(=O)NCC(c2ccc(N(C)C)cc2)c2c[nH]c3ccccc23)on1. The Balaban J connectivity index is 1.66. The number of H-pyrrole nitrogens is 1. The van der Waals surface area contributed by atoms with E-state index in [1.807, 2.05) is 32.4 Å². The van der Waals surface area contributed by atoms with Gasteiger partial charge in [0.1, 0.15) is 0 Å². The van der Waals surface area contributed by atoms with Gasteiger partial charge in [0.2, 0.25) is 5.76 Å². The minimum Gasteiger partial charge on any atom is -0.378 e. The first-order valence-corrected chi connectivity index (χ1v) is 9.58. The van der Waals surface area contributed by atoms with Gasteiger partial charge in [0.15, 0.2) is 0 Å². The molecule has 6 heteroatoms. The van der Waals surface area contributed by atoms with Crippen LogP contribution in [0.3, 0.4) is 0 Å². The fourth-order valence-electron chi connectivity index (χ4n) is 3.55. The van der Waals surface area contributed by atoms with Crippen LogP contribution >= 0.6 is 0 Å². The highest BCUT2D eigenvalue weighted by atomic mass is 16.5.